The molecule has 1 aliphatic carbocycles. The standard InChI is InChI=1S/C17H22N4/c18-13-8-10-21(11-9-13)17-15-7-3-5-12-4-1-2-6-14(12)16(15)19-20-17/h1-2,4,6,13H,3,5,7-11,18H2,(H,19,20). The van der Waals surface area contributed by atoms with E-state index in [0.717, 1.165) is 44.6 Å². The number of hydrogen-bond acceptors (Lipinski definition) is 3. The first-order chi connectivity index (χ1) is 10.3. The molecule has 4 heteroatoms. The number of rotatable bonds is 1. The Morgan fingerprint density at radius 3 is 2.81 bits per heavy atom. The largest absolute Gasteiger partial charge is 0.355 e. The summed E-state index contributed by atoms with van der Waals surface area (Å²) in [5.41, 5.74) is 11.4. The van der Waals surface area contributed by atoms with Gasteiger partial charge in [0.2, 0.25) is 0 Å². The minimum atomic E-state index is 0.361. The van der Waals surface area contributed by atoms with E-state index in [-0.39, 0.29) is 0 Å². The van der Waals surface area contributed by atoms with Crippen molar-refractivity contribution in [3.05, 3.63) is 35.4 Å². The molecular weight excluding hydrogens is 260 g/mol. The number of aromatic nitrogens is 2. The van der Waals surface area contributed by atoms with Crippen molar-refractivity contribution >= 4 is 5.82 Å². The molecule has 0 saturated carbocycles. The number of nitrogens with two attached hydrogens (primary N) is 1. The lowest BCUT2D eigenvalue weighted by Crippen LogP contribution is -2.40. The fourth-order valence-electron chi connectivity index (χ4n) is 3.63. The average Bonchev–Trinajstić information content (AvgIpc) is 2.84. The van der Waals surface area contributed by atoms with Gasteiger partial charge in [-0.2, -0.15) is 5.10 Å². The Kier molecular flexibility index (Phi) is 3.19. The molecule has 2 aliphatic rings. The van der Waals surface area contributed by atoms with E-state index in [1.54, 1.807) is 0 Å². The van der Waals surface area contributed by atoms with E-state index in [0.29, 0.717) is 6.04 Å². The summed E-state index contributed by atoms with van der Waals surface area (Å²) in [7, 11) is 0. The quantitative estimate of drug-likeness (QED) is 0.845. The summed E-state index contributed by atoms with van der Waals surface area (Å²) in [6, 6.07) is 9.07. The van der Waals surface area contributed by atoms with E-state index >= 15 is 0 Å². The van der Waals surface area contributed by atoms with E-state index in [2.05, 4.69) is 39.4 Å². The third-order valence-electron chi connectivity index (χ3n) is 4.84. The predicted molar refractivity (Wildman–Crippen MR) is 85.5 cm³/mol. The van der Waals surface area contributed by atoms with Crippen LogP contribution >= 0.6 is 0 Å². The number of benzene rings is 1. The van der Waals surface area contributed by atoms with Gasteiger partial charge in [0.1, 0.15) is 0 Å². The van der Waals surface area contributed by atoms with Crippen molar-refractivity contribution < 1.29 is 0 Å². The molecule has 1 aromatic heterocycles. The van der Waals surface area contributed by atoms with Gasteiger partial charge in [0, 0.05) is 30.3 Å². The van der Waals surface area contributed by atoms with Gasteiger partial charge in [-0.3, -0.25) is 5.10 Å². The molecule has 0 amide bonds. The zero-order valence-corrected chi connectivity index (χ0v) is 12.3. The minimum Gasteiger partial charge on any atom is -0.355 e. The van der Waals surface area contributed by atoms with Crippen molar-refractivity contribution in [2.24, 2.45) is 5.73 Å². The first-order valence-corrected chi connectivity index (χ1v) is 7.99. The first-order valence-electron chi connectivity index (χ1n) is 7.99. The molecule has 1 fully saturated rings. The van der Waals surface area contributed by atoms with Crippen molar-refractivity contribution in [2.45, 2.75) is 38.1 Å². The highest BCUT2D eigenvalue weighted by Crippen LogP contribution is 2.36. The number of hydrogen-bond donors (Lipinski definition) is 2. The zero-order chi connectivity index (χ0) is 14.2. The van der Waals surface area contributed by atoms with Gasteiger partial charge in [0.25, 0.3) is 0 Å². The maximum Gasteiger partial charge on any atom is 0.154 e. The lowest BCUT2D eigenvalue weighted by Gasteiger charge is -2.31. The molecule has 21 heavy (non-hydrogen) atoms. The van der Waals surface area contributed by atoms with Crippen LogP contribution in [0.4, 0.5) is 5.82 Å². The maximum atomic E-state index is 6.02. The molecule has 0 radical (unpaired) electrons. The Hall–Kier alpha value is -1.81. The van der Waals surface area contributed by atoms with E-state index in [9.17, 15) is 0 Å². The van der Waals surface area contributed by atoms with E-state index < -0.39 is 0 Å². The Labute approximate surface area is 125 Å². The van der Waals surface area contributed by atoms with Crippen LogP contribution in [0.1, 0.15) is 30.4 Å². The number of piperidine rings is 1. The van der Waals surface area contributed by atoms with Crippen LogP contribution in [0.3, 0.4) is 0 Å². The fourth-order valence-corrected chi connectivity index (χ4v) is 3.63. The van der Waals surface area contributed by atoms with Gasteiger partial charge in [0.05, 0.1) is 5.69 Å². The highest BCUT2D eigenvalue weighted by atomic mass is 15.3. The van der Waals surface area contributed by atoms with Crippen molar-refractivity contribution in [1.82, 2.24) is 10.2 Å². The highest BCUT2D eigenvalue weighted by molar-refractivity contribution is 5.73. The Balaban J connectivity index is 1.73. The molecule has 3 N–H and O–H groups in total. The van der Waals surface area contributed by atoms with E-state index in [1.807, 2.05) is 0 Å². The summed E-state index contributed by atoms with van der Waals surface area (Å²) in [6.07, 6.45) is 5.60. The molecule has 2 aromatic rings. The van der Waals surface area contributed by atoms with Crippen LogP contribution in [0, 0.1) is 0 Å². The molecule has 0 atom stereocenters. The summed E-state index contributed by atoms with van der Waals surface area (Å²) in [4.78, 5) is 2.41. The molecule has 1 saturated heterocycles. The number of fused-ring (bicyclic) bond motifs is 3. The van der Waals surface area contributed by atoms with Crippen molar-refractivity contribution in [3.8, 4) is 11.3 Å². The van der Waals surface area contributed by atoms with Crippen LogP contribution in [0.2, 0.25) is 0 Å². The lowest BCUT2D eigenvalue weighted by molar-refractivity contribution is 0.497. The van der Waals surface area contributed by atoms with Crippen LogP contribution in [0.15, 0.2) is 24.3 Å². The third kappa shape index (κ3) is 2.23. The zero-order valence-electron chi connectivity index (χ0n) is 12.3. The smallest absolute Gasteiger partial charge is 0.154 e. The van der Waals surface area contributed by atoms with Gasteiger partial charge in [-0.1, -0.05) is 24.3 Å². The molecule has 1 aliphatic heterocycles. The van der Waals surface area contributed by atoms with Crippen molar-refractivity contribution in [3.63, 3.8) is 0 Å². The maximum absolute atomic E-state index is 6.02. The number of aromatic amines is 1. The van der Waals surface area contributed by atoms with Crippen molar-refractivity contribution in [2.75, 3.05) is 18.0 Å². The van der Waals surface area contributed by atoms with Crippen molar-refractivity contribution in [1.29, 1.82) is 0 Å². The minimum absolute atomic E-state index is 0.361. The average molecular weight is 282 g/mol. The molecule has 2 heterocycles. The van der Waals surface area contributed by atoms with Gasteiger partial charge in [-0.25, -0.2) is 0 Å². The number of H-pyrrole nitrogens is 1. The topological polar surface area (TPSA) is 57.9 Å². The highest BCUT2D eigenvalue weighted by Gasteiger charge is 2.25. The van der Waals surface area contributed by atoms with Crippen LogP contribution in [-0.2, 0) is 12.8 Å². The fraction of sp³-hybridized carbons (Fsp3) is 0.471. The van der Waals surface area contributed by atoms with E-state index in [1.165, 1.54) is 28.8 Å². The van der Waals surface area contributed by atoms with E-state index in [4.69, 9.17) is 5.73 Å². The molecule has 4 rings (SSSR count). The first kappa shape index (κ1) is 12.9. The van der Waals surface area contributed by atoms with Gasteiger partial charge in [-0.15, -0.1) is 0 Å². The summed E-state index contributed by atoms with van der Waals surface area (Å²) in [6.45, 7) is 2.06. The third-order valence-corrected chi connectivity index (χ3v) is 4.84. The molecule has 110 valence electrons. The number of aryl methyl sites for hydroxylation is 1. The Morgan fingerprint density at radius 2 is 1.95 bits per heavy atom. The summed E-state index contributed by atoms with van der Waals surface area (Å²) >= 11 is 0. The van der Waals surface area contributed by atoms with Crippen LogP contribution in [-0.4, -0.2) is 29.3 Å². The van der Waals surface area contributed by atoms with Crippen LogP contribution in [0.25, 0.3) is 11.3 Å². The number of anilines is 1. The Bertz CT molecular complexity index is 638. The predicted octanol–water partition coefficient (Wildman–Crippen LogP) is 2.49. The van der Waals surface area contributed by atoms with Gasteiger partial charge < -0.3 is 10.6 Å². The second kappa shape index (κ2) is 5.19. The molecule has 0 bridgehead atoms. The SMILES string of the molecule is NC1CCN(c2n[nH]c3c2CCCc2ccccc2-3)CC1. The second-order valence-corrected chi connectivity index (χ2v) is 6.24. The summed E-state index contributed by atoms with van der Waals surface area (Å²) in [5, 5.41) is 7.96. The summed E-state index contributed by atoms with van der Waals surface area (Å²) in [5.74, 6) is 1.16. The lowest BCUT2D eigenvalue weighted by atomic mass is 10.0. The molecular formula is C17H22N4. The van der Waals surface area contributed by atoms with Gasteiger partial charge in [-0.05, 0) is 37.7 Å². The normalized spacial score (nSPS) is 19.0. The number of nitrogens with one attached hydrogen (secondary N) is 1. The molecule has 0 spiro atoms. The van der Waals surface area contributed by atoms with Crippen LogP contribution in [0.5, 0.6) is 0 Å². The molecule has 1 aromatic carbocycles. The monoisotopic (exact) mass is 282 g/mol. The second-order valence-electron chi connectivity index (χ2n) is 6.24. The Morgan fingerprint density at radius 1 is 1.14 bits per heavy atom. The molecule has 0 unspecified atom stereocenters. The molecule has 4 nitrogen and oxygen atoms in total. The van der Waals surface area contributed by atoms with Gasteiger partial charge in [0.15, 0.2) is 5.82 Å². The van der Waals surface area contributed by atoms with Crippen LogP contribution < -0.4 is 10.6 Å². The van der Waals surface area contributed by atoms with Gasteiger partial charge >= 0.3 is 0 Å². The number of nitrogens with zero attached hydrogens (tertiary/aromatic N) is 2. The summed E-state index contributed by atoms with van der Waals surface area (Å²) < 4.78 is 0.